The molecule has 4 nitrogen and oxygen atoms in total. The van der Waals surface area contributed by atoms with E-state index in [-0.39, 0.29) is 16.9 Å². The van der Waals surface area contributed by atoms with Crippen molar-refractivity contribution in [3.8, 4) is 11.5 Å². The lowest BCUT2D eigenvalue weighted by molar-refractivity contribution is 0.244. The van der Waals surface area contributed by atoms with Crippen LogP contribution < -0.4 is 0 Å². The first-order chi connectivity index (χ1) is 8.80. The van der Waals surface area contributed by atoms with Crippen LogP contribution in [0.4, 0.5) is 0 Å². The van der Waals surface area contributed by atoms with Crippen LogP contribution in [0.15, 0.2) is 17.1 Å². The van der Waals surface area contributed by atoms with E-state index in [1.807, 2.05) is 26.8 Å². The molecule has 0 saturated heterocycles. The Balaban J connectivity index is 2.62. The topological polar surface area (TPSA) is 69.9 Å². The Bertz CT molecular complexity index is 547. The van der Waals surface area contributed by atoms with Gasteiger partial charge in [-0.05, 0) is 42.4 Å². The van der Waals surface area contributed by atoms with Crippen LogP contribution in [0.25, 0.3) is 0 Å². The van der Waals surface area contributed by atoms with Crippen LogP contribution in [0.2, 0.25) is 0 Å². The van der Waals surface area contributed by atoms with Gasteiger partial charge in [0.05, 0.1) is 0 Å². The molecule has 2 N–H and O–H groups in total. The number of aliphatic imine (C=N–C) groups is 1. The number of hydrogen-bond donors (Lipinski definition) is 2. The number of hydrogen-bond acceptors (Lipinski definition) is 4. The van der Waals surface area contributed by atoms with Crippen LogP contribution in [-0.2, 0) is 15.7 Å². The monoisotopic (exact) mass is 261 g/mol. The molecule has 4 heteroatoms. The average Bonchev–Trinajstić information content (AvgIpc) is 2.26. The molecule has 1 saturated carbocycles. The van der Waals surface area contributed by atoms with E-state index in [0.29, 0.717) is 18.4 Å². The summed E-state index contributed by atoms with van der Waals surface area (Å²) in [6.45, 7) is 6.08. The largest absolute Gasteiger partial charge is 0.504 e. The minimum absolute atomic E-state index is 0.157. The Hall–Kier alpha value is -1.80. The highest BCUT2D eigenvalue weighted by atomic mass is 16.3. The molecular formula is C15H19NO3. The van der Waals surface area contributed by atoms with Crippen LogP contribution in [0, 0.1) is 0 Å². The maximum absolute atomic E-state index is 10.6. The second-order valence-corrected chi connectivity index (χ2v) is 6.23. The number of rotatable bonds is 2. The molecule has 1 aromatic carbocycles. The van der Waals surface area contributed by atoms with E-state index >= 15 is 0 Å². The molecule has 1 aliphatic rings. The van der Waals surface area contributed by atoms with E-state index in [0.717, 1.165) is 12.0 Å². The molecule has 0 aromatic heterocycles. The van der Waals surface area contributed by atoms with E-state index in [2.05, 4.69) is 4.99 Å². The van der Waals surface area contributed by atoms with Crippen LogP contribution in [0.3, 0.4) is 0 Å². The highest BCUT2D eigenvalue weighted by Crippen LogP contribution is 2.51. The summed E-state index contributed by atoms with van der Waals surface area (Å²) in [4.78, 5) is 14.5. The lowest BCUT2D eigenvalue weighted by Crippen LogP contribution is -2.32. The van der Waals surface area contributed by atoms with Crippen molar-refractivity contribution >= 4 is 6.08 Å². The number of aromatic hydroxyl groups is 2. The second-order valence-electron chi connectivity index (χ2n) is 6.23. The lowest BCUT2D eigenvalue weighted by Gasteiger charge is -2.38. The summed E-state index contributed by atoms with van der Waals surface area (Å²) < 4.78 is 0. The van der Waals surface area contributed by atoms with Gasteiger partial charge in [-0.25, -0.2) is 4.79 Å². The summed E-state index contributed by atoms with van der Waals surface area (Å²) >= 11 is 0. The first-order valence-electron chi connectivity index (χ1n) is 6.46. The van der Waals surface area contributed by atoms with Gasteiger partial charge in [-0.2, -0.15) is 4.99 Å². The van der Waals surface area contributed by atoms with Crippen molar-refractivity contribution in [2.75, 3.05) is 0 Å². The van der Waals surface area contributed by atoms with Gasteiger partial charge in [-0.3, -0.25) is 0 Å². The summed E-state index contributed by atoms with van der Waals surface area (Å²) in [7, 11) is 0. The number of carbonyl (C=O) groups excluding carboxylic acids is 1. The van der Waals surface area contributed by atoms with Crippen LogP contribution >= 0.6 is 0 Å². The summed E-state index contributed by atoms with van der Waals surface area (Å²) in [6.07, 6.45) is 3.94. The third-order valence-corrected chi connectivity index (χ3v) is 3.90. The molecule has 0 atom stereocenters. The fourth-order valence-corrected chi connectivity index (χ4v) is 2.45. The maximum atomic E-state index is 10.6. The molecule has 0 spiro atoms. The number of benzene rings is 1. The third-order valence-electron chi connectivity index (χ3n) is 3.90. The van der Waals surface area contributed by atoms with Gasteiger partial charge < -0.3 is 10.2 Å². The van der Waals surface area contributed by atoms with Gasteiger partial charge in [0.2, 0.25) is 6.08 Å². The van der Waals surface area contributed by atoms with Crippen molar-refractivity contribution < 1.29 is 15.0 Å². The van der Waals surface area contributed by atoms with Gasteiger partial charge in [-0.1, -0.05) is 20.8 Å². The van der Waals surface area contributed by atoms with E-state index in [1.54, 1.807) is 12.1 Å². The van der Waals surface area contributed by atoms with Gasteiger partial charge >= 0.3 is 0 Å². The quantitative estimate of drug-likeness (QED) is 0.488. The maximum Gasteiger partial charge on any atom is 0.235 e. The van der Waals surface area contributed by atoms with E-state index in [1.165, 1.54) is 0 Å². The Labute approximate surface area is 112 Å². The summed E-state index contributed by atoms with van der Waals surface area (Å²) in [5.74, 6) is -0.332. The molecule has 102 valence electrons. The van der Waals surface area contributed by atoms with Gasteiger partial charge in [0.15, 0.2) is 11.5 Å². The number of phenolic OH excluding ortho intramolecular Hbond substituents is 2. The van der Waals surface area contributed by atoms with Crippen LogP contribution in [-0.4, -0.2) is 16.3 Å². The third kappa shape index (κ3) is 2.24. The van der Waals surface area contributed by atoms with Crippen molar-refractivity contribution in [3.63, 3.8) is 0 Å². The van der Waals surface area contributed by atoms with Crippen molar-refractivity contribution in [3.05, 3.63) is 23.3 Å². The summed E-state index contributed by atoms with van der Waals surface area (Å²) in [5, 5.41) is 20.0. The number of nitrogens with zero attached hydrogens (tertiary/aromatic N) is 1. The zero-order valence-electron chi connectivity index (χ0n) is 11.5. The van der Waals surface area contributed by atoms with Crippen molar-refractivity contribution in [1.29, 1.82) is 0 Å². The van der Waals surface area contributed by atoms with Crippen LogP contribution in [0.5, 0.6) is 11.5 Å². The average molecular weight is 261 g/mol. The molecule has 0 unspecified atom stereocenters. The Morgan fingerprint density at radius 2 is 1.89 bits per heavy atom. The van der Waals surface area contributed by atoms with Crippen molar-refractivity contribution in [2.24, 2.45) is 4.99 Å². The molecular weight excluding hydrogens is 242 g/mol. The summed E-state index contributed by atoms with van der Waals surface area (Å²) in [6, 6.07) is 3.41. The molecule has 0 bridgehead atoms. The molecule has 1 aliphatic carbocycles. The molecule has 1 fully saturated rings. The van der Waals surface area contributed by atoms with Gasteiger partial charge in [0.1, 0.15) is 5.54 Å². The van der Waals surface area contributed by atoms with Crippen molar-refractivity contribution in [1.82, 2.24) is 0 Å². The highest BCUT2D eigenvalue weighted by molar-refractivity contribution is 5.54. The van der Waals surface area contributed by atoms with Gasteiger partial charge in [0, 0.05) is 5.56 Å². The fourth-order valence-electron chi connectivity index (χ4n) is 2.45. The van der Waals surface area contributed by atoms with Gasteiger partial charge in [0.25, 0.3) is 0 Å². The normalized spacial score (nSPS) is 17.4. The molecule has 2 rings (SSSR count). The zero-order chi connectivity index (χ0) is 14.3. The Morgan fingerprint density at radius 3 is 2.32 bits per heavy atom. The van der Waals surface area contributed by atoms with Gasteiger partial charge in [-0.15, -0.1) is 0 Å². The molecule has 0 heterocycles. The van der Waals surface area contributed by atoms with E-state index < -0.39 is 5.54 Å². The standard InChI is InChI=1S/C15H19NO3/c1-14(2,3)10-7-11(13(19)12(18)8-10)15(16-9-17)5-4-6-15/h7-8,18-19H,4-6H2,1-3H3. The van der Waals surface area contributed by atoms with Crippen LogP contribution in [0.1, 0.15) is 51.2 Å². The Kier molecular flexibility index (Phi) is 3.15. The molecule has 0 amide bonds. The van der Waals surface area contributed by atoms with Crippen molar-refractivity contribution in [2.45, 2.75) is 51.0 Å². The predicted molar refractivity (Wildman–Crippen MR) is 72.1 cm³/mol. The molecule has 0 aliphatic heterocycles. The molecule has 19 heavy (non-hydrogen) atoms. The minimum Gasteiger partial charge on any atom is -0.504 e. The first-order valence-corrected chi connectivity index (χ1v) is 6.46. The summed E-state index contributed by atoms with van der Waals surface area (Å²) in [5.41, 5.74) is 0.581. The predicted octanol–water partition coefficient (Wildman–Crippen LogP) is 3.11. The lowest BCUT2D eigenvalue weighted by atomic mass is 9.70. The minimum atomic E-state index is -0.704. The second kappa shape index (κ2) is 4.39. The number of isocyanates is 1. The first kappa shape index (κ1) is 13.6. The number of phenols is 2. The molecule has 0 radical (unpaired) electrons. The SMILES string of the molecule is CC(C)(C)c1cc(O)c(O)c(C2(N=C=O)CCC2)c1. The van der Waals surface area contributed by atoms with E-state index in [4.69, 9.17) is 0 Å². The smallest absolute Gasteiger partial charge is 0.235 e. The zero-order valence-corrected chi connectivity index (χ0v) is 11.5. The molecule has 1 aromatic rings. The fraction of sp³-hybridized carbons (Fsp3) is 0.533. The van der Waals surface area contributed by atoms with E-state index in [9.17, 15) is 15.0 Å². The highest BCUT2D eigenvalue weighted by Gasteiger charge is 2.42. The Morgan fingerprint density at radius 1 is 1.26 bits per heavy atom.